The first-order valence-electron chi connectivity index (χ1n) is 7.65. The molecule has 0 spiro atoms. The van der Waals surface area contributed by atoms with Crippen LogP contribution >= 0.6 is 0 Å². The maximum Gasteiger partial charge on any atom is 0.337 e. The lowest BCUT2D eigenvalue weighted by molar-refractivity contribution is 0.0697. The Kier molecular flexibility index (Phi) is 5.97. The number of carbonyl (C=O) groups is 1. The molecule has 0 atom stereocenters. The third-order valence-electron chi connectivity index (χ3n) is 3.42. The monoisotopic (exact) mass is 342 g/mol. The van der Waals surface area contributed by atoms with Crippen LogP contribution in [0.25, 0.3) is 0 Å². The first-order valence-corrected chi connectivity index (χ1v) is 9.13. The molecule has 8 heteroatoms. The number of anilines is 1. The van der Waals surface area contributed by atoms with Crippen LogP contribution in [0.1, 0.15) is 36.5 Å². The van der Waals surface area contributed by atoms with Crippen LogP contribution < -0.4 is 10.0 Å². The first-order chi connectivity index (χ1) is 10.9. The Bertz CT molecular complexity index is 656. The fraction of sp³-hybridized carbons (Fsp3) is 0.533. The van der Waals surface area contributed by atoms with Crippen molar-refractivity contribution >= 4 is 21.7 Å². The number of carboxylic acids is 1. The summed E-state index contributed by atoms with van der Waals surface area (Å²) in [5.41, 5.74) is 0.347. The molecule has 1 aromatic carbocycles. The number of sulfonamides is 1. The van der Waals surface area contributed by atoms with Crippen LogP contribution in [-0.2, 0) is 14.8 Å². The number of benzene rings is 1. The number of ether oxygens (including phenoxy) is 1. The number of hydrogen-bond acceptors (Lipinski definition) is 5. The smallest absolute Gasteiger partial charge is 0.337 e. The fourth-order valence-electron chi connectivity index (χ4n) is 2.05. The highest BCUT2D eigenvalue weighted by Crippen LogP contribution is 2.25. The summed E-state index contributed by atoms with van der Waals surface area (Å²) >= 11 is 0. The molecule has 0 aromatic heterocycles. The van der Waals surface area contributed by atoms with E-state index < -0.39 is 16.0 Å². The molecule has 23 heavy (non-hydrogen) atoms. The lowest BCUT2D eigenvalue weighted by atomic mass is 10.2. The van der Waals surface area contributed by atoms with Gasteiger partial charge in [0.05, 0.1) is 10.5 Å². The van der Waals surface area contributed by atoms with Gasteiger partial charge in [-0.05, 0) is 44.4 Å². The molecule has 0 amide bonds. The minimum absolute atomic E-state index is 0.0235. The predicted octanol–water partition coefficient (Wildman–Crippen LogP) is 1.66. The second-order valence-corrected chi connectivity index (χ2v) is 7.10. The number of carboxylic acid groups (broad SMARTS) is 1. The molecule has 0 unspecified atom stereocenters. The van der Waals surface area contributed by atoms with Gasteiger partial charge in [-0.1, -0.05) is 0 Å². The highest BCUT2D eigenvalue weighted by Gasteiger charge is 2.28. The van der Waals surface area contributed by atoms with Crippen molar-refractivity contribution in [2.45, 2.75) is 37.1 Å². The van der Waals surface area contributed by atoms with Gasteiger partial charge in [0.15, 0.2) is 0 Å². The minimum atomic E-state index is -3.66. The van der Waals surface area contributed by atoms with Gasteiger partial charge in [0.25, 0.3) is 0 Å². The van der Waals surface area contributed by atoms with Crippen molar-refractivity contribution in [1.29, 1.82) is 0 Å². The summed E-state index contributed by atoms with van der Waals surface area (Å²) in [5.74, 6) is -1.17. The highest BCUT2D eigenvalue weighted by atomic mass is 32.2. The minimum Gasteiger partial charge on any atom is -0.478 e. The molecule has 2 rings (SSSR count). The Hall–Kier alpha value is -1.64. The van der Waals surface area contributed by atoms with E-state index in [1.54, 1.807) is 0 Å². The average molecular weight is 342 g/mol. The van der Waals surface area contributed by atoms with Crippen molar-refractivity contribution in [2.24, 2.45) is 0 Å². The van der Waals surface area contributed by atoms with Crippen molar-refractivity contribution in [3.05, 3.63) is 23.8 Å². The van der Waals surface area contributed by atoms with Gasteiger partial charge in [-0.15, -0.1) is 0 Å². The highest BCUT2D eigenvalue weighted by molar-refractivity contribution is 7.89. The maximum absolute atomic E-state index is 12.2. The van der Waals surface area contributed by atoms with Crippen molar-refractivity contribution in [3.63, 3.8) is 0 Å². The molecular weight excluding hydrogens is 320 g/mol. The summed E-state index contributed by atoms with van der Waals surface area (Å²) in [6.45, 7) is 3.68. The second kappa shape index (κ2) is 7.76. The Balaban J connectivity index is 2.09. The van der Waals surface area contributed by atoms with Crippen molar-refractivity contribution in [1.82, 2.24) is 4.72 Å². The molecule has 1 aromatic rings. The molecule has 1 saturated carbocycles. The van der Waals surface area contributed by atoms with E-state index >= 15 is 0 Å². The molecule has 1 aliphatic carbocycles. The van der Waals surface area contributed by atoms with Crippen LogP contribution in [0.2, 0.25) is 0 Å². The molecule has 1 aliphatic rings. The first kappa shape index (κ1) is 17.7. The Morgan fingerprint density at radius 3 is 2.74 bits per heavy atom. The fourth-order valence-corrected chi connectivity index (χ4v) is 3.38. The molecule has 1 fully saturated rings. The number of rotatable bonds is 10. The molecular formula is C15H22N2O5S. The van der Waals surface area contributed by atoms with Gasteiger partial charge in [0.2, 0.25) is 10.0 Å². The molecule has 7 nitrogen and oxygen atoms in total. The molecule has 0 saturated heterocycles. The number of aromatic carboxylic acids is 1. The number of nitrogens with one attached hydrogen (secondary N) is 2. The zero-order chi connectivity index (χ0) is 16.9. The van der Waals surface area contributed by atoms with E-state index in [2.05, 4.69) is 10.0 Å². The molecule has 0 heterocycles. The molecule has 0 aliphatic heterocycles. The van der Waals surface area contributed by atoms with Gasteiger partial charge in [-0.25, -0.2) is 17.9 Å². The van der Waals surface area contributed by atoms with Gasteiger partial charge in [-0.2, -0.15) is 0 Å². The lowest BCUT2D eigenvalue weighted by Gasteiger charge is -2.12. The Morgan fingerprint density at radius 2 is 2.13 bits per heavy atom. The molecule has 0 radical (unpaired) electrons. The van der Waals surface area contributed by atoms with Crippen LogP contribution in [0.5, 0.6) is 0 Å². The maximum atomic E-state index is 12.2. The predicted molar refractivity (Wildman–Crippen MR) is 86.3 cm³/mol. The van der Waals surface area contributed by atoms with E-state index in [-0.39, 0.29) is 16.5 Å². The van der Waals surface area contributed by atoms with Gasteiger partial charge in [0, 0.05) is 31.5 Å². The normalized spacial score (nSPS) is 14.7. The Morgan fingerprint density at radius 1 is 1.39 bits per heavy atom. The van der Waals surface area contributed by atoms with E-state index in [9.17, 15) is 18.3 Å². The summed E-state index contributed by atoms with van der Waals surface area (Å²) in [7, 11) is -3.66. The van der Waals surface area contributed by atoms with E-state index in [4.69, 9.17) is 4.74 Å². The zero-order valence-corrected chi connectivity index (χ0v) is 13.9. The summed E-state index contributed by atoms with van der Waals surface area (Å²) in [4.78, 5) is 11.4. The standard InChI is InChI=1S/C15H22N2O5S/c1-2-22-9-3-8-16-14-7-6-12(10-13(14)15(18)19)23(20,21)17-11-4-5-11/h6-7,10-11,16-17H,2-5,8-9H2,1H3,(H,18,19). The molecule has 3 N–H and O–H groups in total. The molecule has 128 valence electrons. The quantitative estimate of drug-likeness (QED) is 0.559. The van der Waals surface area contributed by atoms with Crippen LogP contribution in [0.3, 0.4) is 0 Å². The lowest BCUT2D eigenvalue weighted by Crippen LogP contribution is -2.26. The van der Waals surface area contributed by atoms with E-state index in [0.717, 1.165) is 19.3 Å². The van der Waals surface area contributed by atoms with E-state index in [1.165, 1.54) is 18.2 Å². The summed E-state index contributed by atoms with van der Waals surface area (Å²) in [6, 6.07) is 4.08. The Labute approximate surface area is 136 Å². The summed E-state index contributed by atoms with van der Waals surface area (Å²) in [6.07, 6.45) is 2.38. The third-order valence-corrected chi connectivity index (χ3v) is 4.93. The second-order valence-electron chi connectivity index (χ2n) is 5.39. The summed E-state index contributed by atoms with van der Waals surface area (Å²) < 4.78 is 32.1. The van der Waals surface area contributed by atoms with Crippen molar-refractivity contribution in [3.8, 4) is 0 Å². The van der Waals surface area contributed by atoms with Crippen LogP contribution in [0.4, 0.5) is 5.69 Å². The third kappa shape index (κ3) is 5.19. The SMILES string of the molecule is CCOCCCNc1ccc(S(=O)(=O)NC2CC2)cc1C(=O)O. The zero-order valence-electron chi connectivity index (χ0n) is 13.0. The molecule has 0 bridgehead atoms. The largest absolute Gasteiger partial charge is 0.478 e. The van der Waals surface area contributed by atoms with Gasteiger partial charge in [-0.3, -0.25) is 0 Å². The van der Waals surface area contributed by atoms with Gasteiger partial charge < -0.3 is 15.2 Å². The van der Waals surface area contributed by atoms with Gasteiger partial charge in [0.1, 0.15) is 0 Å². The average Bonchev–Trinajstić information content (AvgIpc) is 3.30. The van der Waals surface area contributed by atoms with Crippen molar-refractivity contribution < 1.29 is 23.1 Å². The van der Waals surface area contributed by atoms with Crippen molar-refractivity contribution in [2.75, 3.05) is 25.1 Å². The van der Waals surface area contributed by atoms with Gasteiger partial charge >= 0.3 is 5.97 Å². The number of hydrogen-bond donors (Lipinski definition) is 3. The van der Waals surface area contributed by atoms with Crippen LogP contribution in [0, 0.1) is 0 Å². The van der Waals surface area contributed by atoms with Crippen LogP contribution in [0.15, 0.2) is 23.1 Å². The van der Waals surface area contributed by atoms with E-state index in [1.807, 2.05) is 6.92 Å². The van der Waals surface area contributed by atoms with E-state index in [0.29, 0.717) is 25.4 Å². The van der Waals surface area contributed by atoms with Crippen LogP contribution in [-0.4, -0.2) is 45.3 Å². The summed E-state index contributed by atoms with van der Waals surface area (Å²) in [5, 5.41) is 12.3. The topological polar surface area (TPSA) is 105 Å².